The summed E-state index contributed by atoms with van der Waals surface area (Å²) in [6.07, 6.45) is -1.63. The first-order valence-electron chi connectivity index (χ1n) is 6.42. The third-order valence-electron chi connectivity index (χ3n) is 3.18. The predicted molar refractivity (Wildman–Crippen MR) is 75.6 cm³/mol. The first kappa shape index (κ1) is 15.1. The van der Waals surface area contributed by atoms with E-state index in [9.17, 15) is 13.2 Å². The molecule has 0 bridgehead atoms. The van der Waals surface area contributed by atoms with Crippen molar-refractivity contribution in [1.29, 1.82) is 0 Å². The van der Waals surface area contributed by atoms with Gasteiger partial charge in [0.05, 0.1) is 5.56 Å². The average molecular weight is 299 g/mol. The van der Waals surface area contributed by atoms with Gasteiger partial charge in [-0.1, -0.05) is 18.2 Å². The maximum Gasteiger partial charge on any atom is 0.416 e. The Morgan fingerprint density at radius 1 is 1.10 bits per heavy atom. The second-order valence-corrected chi connectivity index (χ2v) is 5.73. The molecular weight excluding hydrogens is 283 g/mol. The van der Waals surface area contributed by atoms with Crippen LogP contribution < -0.4 is 5.73 Å². The summed E-state index contributed by atoms with van der Waals surface area (Å²) in [6, 6.07) is 9.00. The van der Waals surface area contributed by atoms with Crippen molar-refractivity contribution < 1.29 is 13.2 Å². The molecule has 1 heterocycles. The number of halogens is 3. The molecule has 0 amide bonds. The fraction of sp³-hybridized carbons (Fsp3) is 0.333. The van der Waals surface area contributed by atoms with Crippen LogP contribution in [-0.2, 0) is 12.6 Å². The van der Waals surface area contributed by atoms with E-state index in [1.807, 2.05) is 11.4 Å². The predicted octanol–water partition coefficient (Wildman–Crippen LogP) is 4.79. The van der Waals surface area contributed by atoms with Crippen LogP contribution in [0.1, 0.15) is 34.9 Å². The fourth-order valence-corrected chi connectivity index (χ4v) is 2.79. The lowest BCUT2D eigenvalue weighted by atomic mass is 10.0. The maximum absolute atomic E-state index is 12.5. The SMILES string of the molecule is NC(CCCc1cccs1)c1ccc(C(F)(F)F)cc1. The van der Waals surface area contributed by atoms with Gasteiger partial charge in [-0.2, -0.15) is 13.2 Å². The van der Waals surface area contributed by atoms with Gasteiger partial charge in [0, 0.05) is 10.9 Å². The van der Waals surface area contributed by atoms with Crippen molar-refractivity contribution in [3.05, 3.63) is 57.8 Å². The van der Waals surface area contributed by atoms with E-state index in [2.05, 4.69) is 6.07 Å². The van der Waals surface area contributed by atoms with E-state index >= 15 is 0 Å². The Morgan fingerprint density at radius 2 is 1.80 bits per heavy atom. The average Bonchev–Trinajstić information content (AvgIpc) is 2.91. The Morgan fingerprint density at radius 3 is 2.35 bits per heavy atom. The molecule has 20 heavy (non-hydrogen) atoms. The zero-order valence-corrected chi connectivity index (χ0v) is 11.7. The lowest BCUT2D eigenvalue weighted by molar-refractivity contribution is -0.137. The third kappa shape index (κ3) is 4.08. The fourth-order valence-electron chi connectivity index (χ4n) is 2.04. The number of hydrogen-bond acceptors (Lipinski definition) is 2. The van der Waals surface area contributed by atoms with Gasteiger partial charge in [0.2, 0.25) is 0 Å². The maximum atomic E-state index is 12.5. The zero-order valence-electron chi connectivity index (χ0n) is 10.9. The van der Waals surface area contributed by atoms with Crippen LogP contribution in [0.15, 0.2) is 41.8 Å². The van der Waals surface area contributed by atoms with Crippen LogP contribution in [0, 0.1) is 0 Å². The minimum absolute atomic E-state index is 0.211. The summed E-state index contributed by atoms with van der Waals surface area (Å²) in [6.45, 7) is 0. The molecule has 0 saturated carbocycles. The molecule has 0 aliphatic rings. The van der Waals surface area contributed by atoms with Gasteiger partial charge < -0.3 is 5.73 Å². The quantitative estimate of drug-likeness (QED) is 0.844. The summed E-state index contributed by atoms with van der Waals surface area (Å²) >= 11 is 1.71. The van der Waals surface area contributed by atoms with Gasteiger partial charge in [-0.05, 0) is 48.4 Å². The molecule has 0 saturated heterocycles. The van der Waals surface area contributed by atoms with Gasteiger partial charge in [-0.15, -0.1) is 11.3 Å². The molecule has 0 spiro atoms. The minimum atomic E-state index is -4.29. The first-order chi connectivity index (χ1) is 9.47. The summed E-state index contributed by atoms with van der Waals surface area (Å²) < 4.78 is 37.4. The first-order valence-corrected chi connectivity index (χ1v) is 7.30. The molecule has 0 aliphatic carbocycles. The number of aryl methyl sites for hydroxylation is 1. The van der Waals surface area contributed by atoms with Crippen molar-refractivity contribution in [2.24, 2.45) is 5.73 Å². The van der Waals surface area contributed by atoms with Gasteiger partial charge in [-0.3, -0.25) is 0 Å². The summed E-state index contributed by atoms with van der Waals surface area (Å²) in [4.78, 5) is 1.31. The monoisotopic (exact) mass is 299 g/mol. The van der Waals surface area contributed by atoms with Crippen LogP contribution in [0.4, 0.5) is 13.2 Å². The Hall–Kier alpha value is -1.33. The Labute approximate surface area is 120 Å². The van der Waals surface area contributed by atoms with Crippen molar-refractivity contribution in [3.63, 3.8) is 0 Å². The van der Waals surface area contributed by atoms with Crippen LogP contribution in [0.2, 0.25) is 0 Å². The summed E-state index contributed by atoms with van der Waals surface area (Å²) in [5, 5.41) is 2.03. The van der Waals surface area contributed by atoms with Gasteiger partial charge >= 0.3 is 6.18 Å². The second kappa shape index (κ2) is 6.41. The molecule has 0 radical (unpaired) electrons. The van der Waals surface area contributed by atoms with Crippen molar-refractivity contribution in [1.82, 2.24) is 0 Å². The number of thiophene rings is 1. The van der Waals surface area contributed by atoms with E-state index in [4.69, 9.17) is 5.73 Å². The molecule has 0 aliphatic heterocycles. The largest absolute Gasteiger partial charge is 0.416 e. The highest BCUT2D eigenvalue weighted by Gasteiger charge is 2.30. The topological polar surface area (TPSA) is 26.0 Å². The lowest BCUT2D eigenvalue weighted by Crippen LogP contribution is -2.11. The lowest BCUT2D eigenvalue weighted by Gasteiger charge is -2.13. The number of benzene rings is 1. The van der Waals surface area contributed by atoms with Crippen LogP contribution >= 0.6 is 11.3 Å². The van der Waals surface area contributed by atoms with E-state index in [-0.39, 0.29) is 6.04 Å². The number of rotatable bonds is 5. The summed E-state index contributed by atoms with van der Waals surface area (Å²) in [5.74, 6) is 0. The van der Waals surface area contributed by atoms with E-state index < -0.39 is 11.7 Å². The third-order valence-corrected chi connectivity index (χ3v) is 4.12. The molecule has 2 rings (SSSR count). The van der Waals surface area contributed by atoms with Crippen molar-refractivity contribution in [2.45, 2.75) is 31.5 Å². The number of alkyl halides is 3. The van der Waals surface area contributed by atoms with Crippen molar-refractivity contribution in [2.75, 3.05) is 0 Å². The van der Waals surface area contributed by atoms with Gasteiger partial charge in [0.1, 0.15) is 0 Å². The van der Waals surface area contributed by atoms with E-state index in [1.54, 1.807) is 11.3 Å². The molecule has 1 aromatic heterocycles. The highest BCUT2D eigenvalue weighted by Crippen LogP contribution is 2.30. The van der Waals surface area contributed by atoms with E-state index in [0.717, 1.165) is 37.0 Å². The van der Waals surface area contributed by atoms with E-state index in [1.165, 1.54) is 17.0 Å². The number of nitrogens with two attached hydrogens (primary N) is 1. The van der Waals surface area contributed by atoms with Gasteiger partial charge in [0.15, 0.2) is 0 Å². The molecule has 1 unspecified atom stereocenters. The van der Waals surface area contributed by atoms with Crippen LogP contribution in [0.25, 0.3) is 0 Å². The molecule has 2 aromatic rings. The molecule has 108 valence electrons. The molecule has 1 atom stereocenters. The van der Waals surface area contributed by atoms with Crippen LogP contribution in [0.3, 0.4) is 0 Å². The number of hydrogen-bond donors (Lipinski definition) is 1. The van der Waals surface area contributed by atoms with Crippen molar-refractivity contribution >= 4 is 11.3 Å². The summed E-state index contributed by atoms with van der Waals surface area (Å²) in [7, 11) is 0. The smallest absolute Gasteiger partial charge is 0.324 e. The Bertz CT molecular complexity index is 517. The highest BCUT2D eigenvalue weighted by molar-refractivity contribution is 7.09. The molecular formula is C15H16F3NS. The molecule has 1 aromatic carbocycles. The Balaban J connectivity index is 1.87. The highest BCUT2D eigenvalue weighted by atomic mass is 32.1. The standard InChI is InChI=1S/C15H16F3NS/c16-15(17,18)12-8-6-11(7-9-12)14(19)5-1-3-13-4-2-10-20-13/h2,4,6-10,14H,1,3,5,19H2. The molecule has 2 N–H and O–H groups in total. The van der Waals surface area contributed by atoms with Crippen LogP contribution in [0.5, 0.6) is 0 Å². The second-order valence-electron chi connectivity index (χ2n) is 4.70. The normalized spacial score (nSPS) is 13.4. The molecule has 1 nitrogen and oxygen atoms in total. The van der Waals surface area contributed by atoms with Crippen molar-refractivity contribution in [3.8, 4) is 0 Å². The van der Waals surface area contributed by atoms with Gasteiger partial charge in [-0.25, -0.2) is 0 Å². The molecule has 5 heteroatoms. The zero-order chi connectivity index (χ0) is 14.6. The van der Waals surface area contributed by atoms with Crippen LogP contribution in [-0.4, -0.2) is 0 Å². The van der Waals surface area contributed by atoms with Gasteiger partial charge in [0.25, 0.3) is 0 Å². The van der Waals surface area contributed by atoms with E-state index in [0.29, 0.717) is 0 Å². The summed E-state index contributed by atoms with van der Waals surface area (Å²) in [5.41, 5.74) is 6.14. The minimum Gasteiger partial charge on any atom is -0.324 e. The molecule has 0 fully saturated rings. The Kier molecular flexibility index (Phi) is 4.83.